The van der Waals surface area contributed by atoms with Gasteiger partial charge in [-0.1, -0.05) is 42.0 Å². The van der Waals surface area contributed by atoms with E-state index >= 15 is 0 Å². The van der Waals surface area contributed by atoms with Gasteiger partial charge >= 0.3 is 0 Å². The quantitative estimate of drug-likeness (QED) is 0.586. The second-order valence-electron chi connectivity index (χ2n) is 8.87. The van der Waals surface area contributed by atoms with Gasteiger partial charge in [-0.15, -0.1) is 5.10 Å². The normalized spacial score (nSPS) is 12.8. The number of benzene rings is 1. The van der Waals surface area contributed by atoms with Crippen LogP contribution in [0.4, 0.5) is 10.9 Å². The summed E-state index contributed by atoms with van der Waals surface area (Å²) in [7, 11) is 1.88. The molecule has 1 atom stereocenters. The number of hydrogen-bond donors (Lipinski definition) is 2. The van der Waals surface area contributed by atoms with Crippen molar-refractivity contribution in [3.05, 3.63) is 29.8 Å². The zero-order valence-corrected chi connectivity index (χ0v) is 19.7. The van der Waals surface area contributed by atoms with Crippen LogP contribution in [0, 0.1) is 6.92 Å². The molecular formula is C22H32N6OS. The zero-order valence-electron chi connectivity index (χ0n) is 18.9. The van der Waals surface area contributed by atoms with Gasteiger partial charge < -0.3 is 15.5 Å². The molecule has 162 valence electrons. The van der Waals surface area contributed by atoms with Gasteiger partial charge in [0.2, 0.25) is 16.0 Å². The van der Waals surface area contributed by atoms with Crippen molar-refractivity contribution in [1.29, 1.82) is 0 Å². The standard InChI is InChI=1S/C22H32N6OS/c1-8-15(3)23-17(29)13-27(7)21-26-28-19(25-22(4,5)6)18(24-20(28)30-21)16-11-9-10-14(2)12-16/h9-12,15,25H,8,13H2,1-7H3,(H,23,29). The molecule has 30 heavy (non-hydrogen) atoms. The van der Waals surface area contributed by atoms with Crippen LogP contribution in [-0.4, -0.2) is 45.7 Å². The van der Waals surface area contributed by atoms with Crippen LogP contribution in [0.15, 0.2) is 24.3 Å². The van der Waals surface area contributed by atoms with Crippen molar-refractivity contribution in [2.75, 3.05) is 23.8 Å². The van der Waals surface area contributed by atoms with Crippen LogP contribution < -0.4 is 15.5 Å². The first kappa shape index (κ1) is 22.1. The lowest BCUT2D eigenvalue weighted by Crippen LogP contribution is -2.39. The van der Waals surface area contributed by atoms with Crippen LogP contribution in [0.1, 0.15) is 46.6 Å². The van der Waals surface area contributed by atoms with Crippen molar-refractivity contribution in [1.82, 2.24) is 19.9 Å². The first-order valence-electron chi connectivity index (χ1n) is 10.3. The van der Waals surface area contributed by atoms with Crippen LogP contribution >= 0.6 is 11.3 Å². The van der Waals surface area contributed by atoms with Crippen LogP contribution in [0.25, 0.3) is 16.2 Å². The summed E-state index contributed by atoms with van der Waals surface area (Å²) in [5.41, 5.74) is 2.98. The molecule has 0 radical (unpaired) electrons. The van der Waals surface area contributed by atoms with Crippen molar-refractivity contribution in [2.45, 2.75) is 59.5 Å². The van der Waals surface area contributed by atoms with E-state index < -0.39 is 0 Å². The maximum absolute atomic E-state index is 12.3. The fourth-order valence-electron chi connectivity index (χ4n) is 3.06. The molecule has 0 spiro atoms. The number of aromatic nitrogens is 3. The predicted molar refractivity (Wildman–Crippen MR) is 126 cm³/mol. The lowest BCUT2D eigenvalue weighted by atomic mass is 10.1. The molecule has 0 bridgehead atoms. The number of likely N-dealkylation sites (N-methyl/N-ethyl adjacent to an activating group) is 1. The minimum atomic E-state index is -0.152. The largest absolute Gasteiger partial charge is 0.364 e. The Labute approximate surface area is 182 Å². The topological polar surface area (TPSA) is 74.6 Å². The van der Waals surface area contributed by atoms with Crippen molar-refractivity contribution in [3.63, 3.8) is 0 Å². The number of carbonyl (C=O) groups is 1. The van der Waals surface area contributed by atoms with Crippen LogP contribution in [0.5, 0.6) is 0 Å². The summed E-state index contributed by atoms with van der Waals surface area (Å²) in [5.74, 6) is 0.858. The van der Waals surface area contributed by atoms with Crippen LogP contribution in [0.2, 0.25) is 0 Å². The van der Waals surface area contributed by atoms with Crippen molar-refractivity contribution >= 4 is 33.2 Å². The molecule has 1 amide bonds. The Hall–Kier alpha value is -2.61. The number of anilines is 2. The molecule has 7 nitrogen and oxygen atoms in total. The number of imidazole rings is 1. The molecule has 2 N–H and O–H groups in total. The number of rotatable bonds is 7. The van der Waals surface area contributed by atoms with Gasteiger partial charge in [0.1, 0.15) is 5.69 Å². The lowest BCUT2D eigenvalue weighted by molar-refractivity contribution is -0.120. The summed E-state index contributed by atoms with van der Waals surface area (Å²) in [5, 5.41) is 12.1. The molecule has 0 fully saturated rings. The third-order valence-electron chi connectivity index (χ3n) is 4.70. The fourth-order valence-corrected chi connectivity index (χ4v) is 3.92. The van der Waals surface area contributed by atoms with Gasteiger partial charge in [-0.2, -0.15) is 4.52 Å². The minimum absolute atomic E-state index is 0.00631. The summed E-state index contributed by atoms with van der Waals surface area (Å²) >= 11 is 1.48. The Balaban J connectivity index is 1.95. The van der Waals surface area contributed by atoms with E-state index in [1.165, 1.54) is 16.9 Å². The van der Waals surface area contributed by atoms with E-state index in [-0.39, 0.29) is 24.0 Å². The average Bonchev–Trinajstić information content (AvgIpc) is 3.20. The monoisotopic (exact) mass is 428 g/mol. The molecule has 0 saturated carbocycles. The lowest BCUT2D eigenvalue weighted by Gasteiger charge is -2.22. The van der Waals surface area contributed by atoms with Gasteiger partial charge in [0.25, 0.3) is 0 Å². The molecule has 2 aromatic heterocycles. The molecular weight excluding hydrogens is 396 g/mol. The molecule has 8 heteroatoms. The highest BCUT2D eigenvalue weighted by Gasteiger charge is 2.23. The Morgan fingerprint density at radius 2 is 2.07 bits per heavy atom. The smallest absolute Gasteiger partial charge is 0.239 e. The van der Waals surface area contributed by atoms with Gasteiger partial charge in [-0.05, 0) is 47.1 Å². The number of hydrogen-bond acceptors (Lipinski definition) is 6. The number of nitrogens with one attached hydrogen (secondary N) is 2. The summed E-state index contributed by atoms with van der Waals surface area (Å²) in [6.07, 6.45) is 0.907. The first-order valence-corrected chi connectivity index (χ1v) is 11.1. The van der Waals surface area contributed by atoms with Gasteiger partial charge in [0, 0.05) is 24.2 Å². The van der Waals surface area contributed by atoms with Crippen LogP contribution in [-0.2, 0) is 4.79 Å². The van der Waals surface area contributed by atoms with Crippen molar-refractivity contribution in [2.24, 2.45) is 0 Å². The third kappa shape index (κ3) is 5.11. The summed E-state index contributed by atoms with van der Waals surface area (Å²) in [6, 6.07) is 8.49. The highest BCUT2D eigenvalue weighted by Crippen LogP contribution is 2.34. The summed E-state index contributed by atoms with van der Waals surface area (Å²) < 4.78 is 1.85. The van der Waals surface area contributed by atoms with Crippen molar-refractivity contribution in [3.8, 4) is 11.3 Å². The molecule has 0 aliphatic carbocycles. The molecule has 0 saturated heterocycles. The number of amides is 1. The first-order chi connectivity index (χ1) is 14.1. The molecule has 2 heterocycles. The molecule has 3 aromatic rings. The number of carbonyl (C=O) groups excluding carboxylic acids is 1. The van der Waals surface area contributed by atoms with E-state index in [9.17, 15) is 4.79 Å². The van der Waals surface area contributed by atoms with E-state index in [2.05, 4.69) is 63.5 Å². The van der Waals surface area contributed by atoms with Gasteiger partial charge in [-0.25, -0.2) is 4.98 Å². The Kier molecular flexibility index (Phi) is 6.36. The van der Waals surface area contributed by atoms with Gasteiger partial charge in [0.05, 0.1) is 6.54 Å². The average molecular weight is 429 g/mol. The second kappa shape index (κ2) is 8.63. The van der Waals surface area contributed by atoms with E-state index in [1.54, 1.807) is 0 Å². The fraction of sp³-hybridized carbons (Fsp3) is 0.500. The molecule has 0 aliphatic rings. The molecule has 0 aliphatic heterocycles. The number of aryl methyl sites for hydroxylation is 1. The number of nitrogens with zero attached hydrogens (tertiary/aromatic N) is 4. The third-order valence-corrected chi connectivity index (χ3v) is 5.73. The van der Waals surface area contributed by atoms with E-state index in [0.717, 1.165) is 33.6 Å². The summed E-state index contributed by atoms with van der Waals surface area (Å²) in [4.78, 5) is 19.8. The Morgan fingerprint density at radius 1 is 1.33 bits per heavy atom. The Bertz CT molecular complexity index is 1030. The highest BCUT2D eigenvalue weighted by molar-refractivity contribution is 7.20. The van der Waals surface area contributed by atoms with Crippen molar-refractivity contribution < 1.29 is 4.79 Å². The SMILES string of the molecule is CCC(C)NC(=O)CN(C)c1nn2c(NC(C)(C)C)c(-c3cccc(C)c3)nc2s1. The second-order valence-corrected chi connectivity index (χ2v) is 9.80. The number of fused-ring (bicyclic) bond motifs is 1. The predicted octanol–water partition coefficient (Wildman–Crippen LogP) is 4.33. The van der Waals surface area contributed by atoms with E-state index in [4.69, 9.17) is 10.1 Å². The summed E-state index contributed by atoms with van der Waals surface area (Å²) in [6.45, 7) is 12.7. The van der Waals surface area contributed by atoms with E-state index in [1.807, 2.05) is 29.5 Å². The minimum Gasteiger partial charge on any atom is -0.364 e. The van der Waals surface area contributed by atoms with Crippen LogP contribution in [0.3, 0.4) is 0 Å². The molecule has 3 rings (SSSR count). The maximum Gasteiger partial charge on any atom is 0.239 e. The van der Waals surface area contributed by atoms with Gasteiger partial charge in [-0.3, -0.25) is 4.79 Å². The molecule has 1 aromatic carbocycles. The van der Waals surface area contributed by atoms with E-state index in [0.29, 0.717) is 0 Å². The Morgan fingerprint density at radius 3 is 2.70 bits per heavy atom. The van der Waals surface area contributed by atoms with Gasteiger partial charge in [0.15, 0.2) is 5.82 Å². The maximum atomic E-state index is 12.3. The zero-order chi connectivity index (χ0) is 22.1. The highest BCUT2D eigenvalue weighted by atomic mass is 32.1. The molecule has 1 unspecified atom stereocenters.